The number of rotatable bonds is 4. The number of nitrogens with two attached hydrogens (primary N) is 1. The number of hydrogen-bond acceptors (Lipinski definition) is 3. The lowest BCUT2D eigenvalue weighted by molar-refractivity contribution is -0.174. The predicted molar refractivity (Wildman–Crippen MR) is 65.8 cm³/mol. The van der Waals surface area contributed by atoms with Gasteiger partial charge in [-0.25, -0.2) is 0 Å². The van der Waals surface area contributed by atoms with E-state index in [-0.39, 0.29) is 0 Å². The van der Waals surface area contributed by atoms with E-state index in [1.165, 1.54) is 0 Å². The van der Waals surface area contributed by atoms with E-state index in [1.54, 1.807) is 26.0 Å². The van der Waals surface area contributed by atoms with Crippen LogP contribution >= 0.6 is 0 Å². The van der Waals surface area contributed by atoms with Gasteiger partial charge in [0.15, 0.2) is 0 Å². The van der Waals surface area contributed by atoms with Crippen molar-refractivity contribution in [1.82, 2.24) is 0 Å². The quantitative estimate of drug-likeness (QED) is 0.830. The van der Waals surface area contributed by atoms with Crippen LogP contribution in [0, 0.1) is 13.8 Å². The number of hydrogen-bond donors (Lipinski definition) is 2. The molecule has 3 N–H and O–H groups in total. The van der Waals surface area contributed by atoms with Crippen LogP contribution < -0.4 is 11.1 Å². The number of ether oxygens (including phenoxy) is 1. The highest BCUT2D eigenvalue weighted by Gasteiger charge is 2.27. The van der Waals surface area contributed by atoms with E-state index < -0.39 is 25.3 Å². The van der Waals surface area contributed by atoms with Crippen LogP contribution in [0.15, 0.2) is 12.1 Å². The van der Waals surface area contributed by atoms with Crippen molar-refractivity contribution < 1.29 is 22.7 Å². The summed E-state index contributed by atoms with van der Waals surface area (Å²) in [5.41, 5.74) is 8.19. The van der Waals surface area contributed by atoms with Crippen LogP contribution in [0.25, 0.3) is 0 Å². The SMILES string of the molecule is Cc1cc(N)cc(C)c1NC(=O)COCC(F)(F)F. The monoisotopic (exact) mass is 276 g/mol. The van der Waals surface area contributed by atoms with Gasteiger partial charge in [-0.3, -0.25) is 4.79 Å². The molecule has 0 spiro atoms. The summed E-state index contributed by atoms with van der Waals surface area (Å²) in [6.45, 7) is 1.40. The third-order valence-corrected chi connectivity index (χ3v) is 2.32. The van der Waals surface area contributed by atoms with Gasteiger partial charge >= 0.3 is 6.18 Å². The Hall–Kier alpha value is -1.76. The molecule has 0 saturated heterocycles. The van der Waals surface area contributed by atoms with Crippen molar-refractivity contribution >= 4 is 17.3 Å². The van der Waals surface area contributed by atoms with E-state index >= 15 is 0 Å². The molecule has 4 nitrogen and oxygen atoms in total. The molecule has 0 unspecified atom stereocenters. The number of carbonyl (C=O) groups excluding carboxylic acids is 1. The first-order valence-corrected chi connectivity index (χ1v) is 5.50. The molecule has 1 aromatic carbocycles. The highest BCUT2D eigenvalue weighted by molar-refractivity contribution is 5.93. The normalized spacial score (nSPS) is 11.4. The van der Waals surface area contributed by atoms with Gasteiger partial charge in [-0.1, -0.05) is 0 Å². The summed E-state index contributed by atoms with van der Waals surface area (Å²) in [6, 6.07) is 3.33. The molecule has 0 aliphatic carbocycles. The molecule has 1 amide bonds. The Morgan fingerprint density at radius 1 is 1.32 bits per heavy atom. The highest BCUT2D eigenvalue weighted by atomic mass is 19.4. The molecular weight excluding hydrogens is 261 g/mol. The largest absolute Gasteiger partial charge is 0.411 e. The number of carbonyl (C=O) groups is 1. The molecule has 0 heterocycles. The van der Waals surface area contributed by atoms with Crippen molar-refractivity contribution in [2.75, 3.05) is 24.3 Å². The first-order valence-electron chi connectivity index (χ1n) is 5.50. The number of alkyl halides is 3. The summed E-state index contributed by atoms with van der Waals surface area (Å²) >= 11 is 0. The number of nitrogens with one attached hydrogen (secondary N) is 1. The van der Waals surface area contributed by atoms with Gasteiger partial charge in [0.05, 0.1) is 0 Å². The predicted octanol–water partition coefficient (Wildman–Crippen LogP) is 2.40. The number of aryl methyl sites for hydroxylation is 2. The molecule has 0 radical (unpaired) electrons. The molecule has 106 valence electrons. The van der Waals surface area contributed by atoms with Gasteiger partial charge in [-0.05, 0) is 37.1 Å². The average molecular weight is 276 g/mol. The fraction of sp³-hybridized carbons (Fsp3) is 0.417. The number of nitrogen functional groups attached to an aromatic ring is 1. The zero-order valence-corrected chi connectivity index (χ0v) is 10.6. The smallest absolute Gasteiger partial charge is 0.399 e. The van der Waals surface area contributed by atoms with E-state index in [1.807, 2.05) is 0 Å². The fourth-order valence-electron chi connectivity index (χ4n) is 1.63. The second-order valence-electron chi connectivity index (χ2n) is 4.19. The van der Waals surface area contributed by atoms with Crippen LogP contribution in [0.1, 0.15) is 11.1 Å². The van der Waals surface area contributed by atoms with Crippen molar-refractivity contribution in [3.05, 3.63) is 23.3 Å². The minimum absolute atomic E-state index is 0.537. The first-order chi connectivity index (χ1) is 8.69. The fourth-order valence-corrected chi connectivity index (χ4v) is 1.63. The van der Waals surface area contributed by atoms with E-state index in [4.69, 9.17) is 5.73 Å². The van der Waals surface area contributed by atoms with E-state index in [0.717, 1.165) is 11.1 Å². The van der Waals surface area contributed by atoms with E-state index in [0.29, 0.717) is 11.4 Å². The Balaban J connectivity index is 2.58. The molecule has 1 aromatic rings. The van der Waals surface area contributed by atoms with Gasteiger partial charge < -0.3 is 15.8 Å². The second kappa shape index (κ2) is 5.92. The minimum atomic E-state index is -4.44. The van der Waals surface area contributed by atoms with Crippen molar-refractivity contribution in [2.24, 2.45) is 0 Å². The molecule has 0 bridgehead atoms. The molecule has 0 aliphatic heterocycles. The topological polar surface area (TPSA) is 64.3 Å². The zero-order chi connectivity index (χ0) is 14.6. The number of amides is 1. The highest BCUT2D eigenvalue weighted by Crippen LogP contribution is 2.23. The van der Waals surface area contributed by atoms with E-state index in [2.05, 4.69) is 10.1 Å². The molecule has 0 aliphatic rings. The minimum Gasteiger partial charge on any atom is -0.399 e. The molecular formula is C12H15F3N2O2. The maximum absolute atomic E-state index is 11.8. The summed E-state index contributed by atoms with van der Waals surface area (Å²) < 4.78 is 39.8. The lowest BCUT2D eigenvalue weighted by atomic mass is 10.1. The number of benzene rings is 1. The molecule has 1 rings (SSSR count). The van der Waals surface area contributed by atoms with Crippen LogP contribution in [-0.2, 0) is 9.53 Å². The third kappa shape index (κ3) is 5.17. The molecule has 0 atom stereocenters. The van der Waals surface area contributed by atoms with Gasteiger partial charge in [0.2, 0.25) is 5.91 Å². The zero-order valence-electron chi connectivity index (χ0n) is 10.6. The van der Waals surface area contributed by atoms with Gasteiger partial charge in [0, 0.05) is 11.4 Å². The van der Waals surface area contributed by atoms with Crippen LogP contribution in [-0.4, -0.2) is 25.3 Å². The Labute approximate surface area is 108 Å². The molecule has 0 saturated carbocycles. The van der Waals surface area contributed by atoms with Crippen LogP contribution in [0.2, 0.25) is 0 Å². The molecule has 19 heavy (non-hydrogen) atoms. The van der Waals surface area contributed by atoms with Crippen molar-refractivity contribution in [1.29, 1.82) is 0 Å². The van der Waals surface area contributed by atoms with Crippen molar-refractivity contribution in [3.63, 3.8) is 0 Å². The lowest BCUT2D eigenvalue weighted by Crippen LogP contribution is -2.24. The second-order valence-corrected chi connectivity index (χ2v) is 4.19. The Morgan fingerprint density at radius 2 is 1.84 bits per heavy atom. The summed E-state index contributed by atoms with van der Waals surface area (Å²) in [6.07, 6.45) is -4.44. The third-order valence-electron chi connectivity index (χ3n) is 2.32. The summed E-state index contributed by atoms with van der Waals surface area (Å²) in [5, 5.41) is 2.51. The van der Waals surface area contributed by atoms with Crippen LogP contribution in [0.3, 0.4) is 0 Å². The van der Waals surface area contributed by atoms with Gasteiger partial charge in [-0.2, -0.15) is 13.2 Å². The molecule has 0 fully saturated rings. The van der Waals surface area contributed by atoms with Gasteiger partial charge in [-0.15, -0.1) is 0 Å². The van der Waals surface area contributed by atoms with Crippen molar-refractivity contribution in [2.45, 2.75) is 20.0 Å². The van der Waals surface area contributed by atoms with Crippen LogP contribution in [0.5, 0.6) is 0 Å². The lowest BCUT2D eigenvalue weighted by Gasteiger charge is -2.13. The van der Waals surface area contributed by atoms with E-state index in [9.17, 15) is 18.0 Å². The Morgan fingerprint density at radius 3 is 2.32 bits per heavy atom. The van der Waals surface area contributed by atoms with Gasteiger partial charge in [0.1, 0.15) is 13.2 Å². The first kappa shape index (κ1) is 15.3. The summed E-state index contributed by atoms with van der Waals surface area (Å²) in [4.78, 5) is 11.5. The molecule has 0 aromatic heterocycles. The average Bonchev–Trinajstić information content (AvgIpc) is 2.21. The number of halogens is 3. The molecule has 7 heteroatoms. The summed E-state index contributed by atoms with van der Waals surface area (Å²) in [5.74, 6) is -0.639. The van der Waals surface area contributed by atoms with Crippen LogP contribution in [0.4, 0.5) is 24.5 Å². The Bertz CT molecular complexity index is 450. The maximum Gasteiger partial charge on any atom is 0.411 e. The van der Waals surface area contributed by atoms with Crippen molar-refractivity contribution in [3.8, 4) is 0 Å². The number of anilines is 2. The standard InChI is InChI=1S/C12H15F3N2O2/c1-7-3-9(16)4-8(2)11(7)17-10(18)5-19-6-12(13,14)15/h3-4H,5-6,16H2,1-2H3,(H,17,18). The summed E-state index contributed by atoms with van der Waals surface area (Å²) in [7, 11) is 0. The maximum atomic E-state index is 11.8. The van der Waals surface area contributed by atoms with Gasteiger partial charge in [0.25, 0.3) is 0 Å². The Kier molecular flexibility index (Phi) is 4.77.